The summed E-state index contributed by atoms with van der Waals surface area (Å²) in [6.45, 7) is -1.03. The number of rotatable bonds is 8. The third-order valence-corrected chi connectivity index (χ3v) is 1.97. The molecule has 0 radical (unpaired) electrons. The second-order valence-corrected chi connectivity index (χ2v) is 3.32. The Morgan fingerprint density at radius 2 is 1.65 bits per heavy atom. The molecule has 1 amide bonds. The Balaban J connectivity index is 4.18. The molecular weight excluding hydrogens is 236 g/mol. The molecule has 0 aliphatic carbocycles. The lowest BCUT2D eigenvalue weighted by Gasteiger charge is -2.24. The van der Waals surface area contributed by atoms with E-state index >= 15 is 0 Å². The van der Waals surface area contributed by atoms with E-state index in [-0.39, 0.29) is 13.2 Å². The molecule has 9 nitrogen and oxygen atoms in total. The van der Waals surface area contributed by atoms with Crippen molar-refractivity contribution in [3.63, 3.8) is 0 Å². The van der Waals surface area contributed by atoms with Gasteiger partial charge in [-0.25, -0.2) is 5.43 Å². The molecule has 8 N–H and O–H groups in total. The number of carbonyl (C=O) groups is 1. The number of hydrogen-bond donors (Lipinski definition) is 8. The number of aliphatic hydroxyl groups excluding tert-OH is 6. The molecule has 0 aromatic heterocycles. The maximum Gasteiger partial charge on any atom is 0.265 e. The largest absolute Gasteiger partial charge is 0.395 e. The van der Waals surface area contributed by atoms with Crippen molar-refractivity contribution in [2.75, 3.05) is 19.8 Å². The molecule has 0 rings (SSSR count). The van der Waals surface area contributed by atoms with Gasteiger partial charge in [-0.1, -0.05) is 0 Å². The van der Waals surface area contributed by atoms with Crippen LogP contribution in [0.1, 0.15) is 0 Å². The molecule has 0 bridgehead atoms. The van der Waals surface area contributed by atoms with Crippen LogP contribution < -0.4 is 10.9 Å². The van der Waals surface area contributed by atoms with Gasteiger partial charge in [0.05, 0.1) is 13.2 Å². The van der Waals surface area contributed by atoms with E-state index < -0.39 is 36.9 Å². The van der Waals surface area contributed by atoms with Gasteiger partial charge in [-0.2, -0.15) is 0 Å². The van der Waals surface area contributed by atoms with E-state index in [2.05, 4.69) is 5.43 Å². The Bertz CT molecular complexity index is 228. The average Bonchev–Trinajstić information content (AvgIpc) is 2.35. The fraction of sp³-hybridized carbons (Fsp3) is 0.875. The molecule has 4 atom stereocenters. The van der Waals surface area contributed by atoms with Crippen molar-refractivity contribution in [3.8, 4) is 0 Å². The Labute approximate surface area is 97.3 Å². The molecule has 17 heavy (non-hydrogen) atoms. The van der Waals surface area contributed by atoms with E-state index in [0.717, 1.165) is 0 Å². The van der Waals surface area contributed by atoms with Crippen LogP contribution in [0.2, 0.25) is 0 Å². The lowest BCUT2D eigenvalue weighted by molar-refractivity contribution is -0.149. The fourth-order valence-corrected chi connectivity index (χ4v) is 0.957. The first kappa shape index (κ1) is 16.2. The summed E-state index contributed by atoms with van der Waals surface area (Å²) in [6, 6.07) is 0. The first-order valence-corrected chi connectivity index (χ1v) is 4.92. The number of carbonyl (C=O) groups excluding carboxylic acids is 1. The summed E-state index contributed by atoms with van der Waals surface area (Å²) in [6.07, 6.45) is -7.47. The molecule has 0 heterocycles. The zero-order valence-electron chi connectivity index (χ0n) is 9.02. The Hall–Kier alpha value is -0.810. The van der Waals surface area contributed by atoms with E-state index in [1.54, 1.807) is 0 Å². The predicted octanol–water partition coefficient (Wildman–Crippen LogP) is -4.96. The normalized spacial score (nSPS) is 18.2. The van der Waals surface area contributed by atoms with Crippen LogP contribution in [-0.4, -0.2) is 80.7 Å². The van der Waals surface area contributed by atoms with Crippen LogP contribution in [0.4, 0.5) is 0 Å². The zero-order chi connectivity index (χ0) is 13.4. The molecule has 0 aliphatic heterocycles. The first-order chi connectivity index (χ1) is 7.95. The van der Waals surface area contributed by atoms with Gasteiger partial charge in [0.1, 0.15) is 18.3 Å². The summed E-state index contributed by atoms with van der Waals surface area (Å²) >= 11 is 0. The van der Waals surface area contributed by atoms with Gasteiger partial charge in [-0.05, 0) is 0 Å². The third kappa shape index (κ3) is 5.37. The van der Waals surface area contributed by atoms with Gasteiger partial charge < -0.3 is 30.6 Å². The Kier molecular flexibility index (Phi) is 7.91. The van der Waals surface area contributed by atoms with Gasteiger partial charge in [0, 0.05) is 6.54 Å². The van der Waals surface area contributed by atoms with Crippen molar-refractivity contribution in [3.05, 3.63) is 0 Å². The maximum absolute atomic E-state index is 11.2. The average molecular weight is 254 g/mol. The zero-order valence-corrected chi connectivity index (χ0v) is 9.02. The molecule has 0 aliphatic rings. The molecule has 0 fully saturated rings. The van der Waals surface area contributed by atoms with Crippen LogP contribution in [-0.2, 0) is 4.79 Å². The number of aliphatic hydroxyl groups is 6. The first-order valence-electron chi connectivity index (χ1n) is 4.92. The Morgan fingerprint density at radius 1 is 1.06 bits per heavy atom. The molecule has 102 valence electrons. The molecule has 0 aromatic carbocycles. The smallest absolute Gasteiger partial charge is 0.265 e. The summed E-state index contributed by atoms with van der Waals surface area (Å²) in [7, 11) is 0. The highest BCUT2D eigenvalue weighted by atomic mass is 16.4. The molecule has 0 unspecified atom stereocenters. The van der Waals surface area contributed by atoms with Crippen molar-refractivity contribution < 1.29 is 35.4 Å². The van der Waals surface area contributed by atoms with Gasteiger partial charge in [0.15, 0.2) is 6.10 Å². The number of nitrogens with one attached hydrogen (secondary N) is 2. The number of hydrogen-bond acceptors (Lipinski definition) is 8. The minimum absolute atomic E-state index is 0.0381. The SMILES string of the molecule is O=C(NNCCO)[C@H](O)[C@H](O)[C@@H](O)[C@H](O)CO. The maximum atomic E-state index is 11.2. The summed E-state index contributed by atoms with van der Waals surface area (Å²) in [5.41, 5.74) is 4.20. The van der Waals surface area contributed by atoms with Crippen molar-refractivity contribution in [1.29, 1.82) is 0 Å². The van der Waals surface area contributed by atoms with Crippen molar-refractivity contribution in [1.82, 2.24) is 10.9 Å². The van der Waals surface area contributed by atoms with Crippen LogP contribution >= 0.6 is 0 Å². The molecular formula is C8H18N2O7. The van der Waals surface area contributed by atoms with E-state index in [4.69, 9.17) is 15.3 Å². The van der Waals surface area contributed by atoms with Gasteiger partial charge in [0.2, 0.25) is 0 Å². The molecule has 0 saturated heterocycles. The standard InChI is InChI=1S/C8H18N2O7/c11-2-1-9-10-8(17)7(16)6(15)5(14)4(13)3-12/h4-7,9,11-16H,1-3H2,(H,10,17)/t4-,5+,6-,7-/m1/s1. The second kappa shape index (κ2) is 8.31. The summed E-state index contributed by atoms with van der Waals surface area (Å²) in [4.78, 5) is 11.2. The lowest BCUT2D eigenvalue weighted by atomic mass is 10.0. The van der Waals surface area contributed by atoms with Gasteiger partial charge in [-0.15, -0.1) is 0 Å². The fourth-order valence-electron chi connectivity index (χ4n) is 0.957. The highest BCUT2D eigenvalue weighted by Crippen LogP contribution is 2.04. The van der Waals surface area contributed by atoms with Crippen LogP contribution in [0.15, 0.2) is 0 Å². The van der Waals surface area contributed by atoms with Crippen molar-refractivity contribution in [2.24, 2.45) is 0 Å². The van der Waals surface area contributed by atoms with Crippen molar-refractivity contribution >= 4 is 5.91 Å². The molecule has 0 spiro atoms. The molecule has 9 heteroatoms. The summed E-state index contributed by atoms with van der Waals surface area (Å²) in [5, 5.41) is 53.7. The summed E-state index contributed by atoms with van der Waals surface area (Å²) < 4.78 is 0. The highest BCUT2D eigenvalue weighted by molar-refractivity contribution is 5.80. The van der Waals surface area contributed by atoms with Crippen molar-refractivity contribution in [2.45, 2.75) is 24.4 Å². The number of hydrazine groups is 1. The second-order valence-electron chi connectivity index (χ2n) is 3.32. The van der Waals surface area contributed by atoms with E-state index in [1.165, 1.54) is 0 Å². The van der Waals surface area contributed by atoms with Crippen LogP contribution in [0.5, 0.6) is 0 Å². The van der Waals surface area contributed by atoms with Crippen LogP contribution in [0.25, 0.3) is 0 Å². The predicted molar refractivity (Wildman–Crippen MR) is 54.3 cm³/mol. The van der Waals surface area contributed by atoms with Gasteiger partial charge >= 0.3 is 0 Å². The minimum atomic E-state index is -1.99. The topological polar surface area (TPSA) is 163 Å². The highest BCUT2D eigenvalue weighted by Gasteiger charge is 2.33. The lowest BCUT2D eigenvalue weighted by Crippen LogP contribution is -2.54. The molecule has 0 saturated carbocycles. The quantitative estimate of drug-likeness (QED) is 0.158. The van der Waals surface area contributed by atoms with Gasteiger partial charge in [0.25, 0.3) is 5.91 Å². The molecule has 0 aromatic rings. The minimum Gasteiger partial charge on any atom is -0.395 e. The van der Waals surface area contributed by atoms with Crippen LogP contribution in [0.3, 0.4) is 0 Å². The van der Waals surface area contributed by atoms with E-state index in [0.29, 0.717) is 0 Å². The van der Waals surface area contributed by atoms with E-state index in [1.807, 2.05) is 5.43 Å². The van der Waals surface area contributed by atoms with Gasteiger partial charge in [-0.3, -0.25) is 10.2 Å². The van der Waals surface area contributed by atoms with Crippen LogP contribution in [0, 0.1) is 0 Å². The Morgan fingerprint density at radius 3 is 2.12 bits per heavy atom. The van der Waals surface area contributed by atoms with E-state index in [9.17, 15) is 20.1 Å². The summed E-state index contributed by atoms with van der Waals surface area (Å²) in [5.74, 6) is -1.05. The third-order valence-electron chi connectivity index (χ3n) is 1.97. The monoisotopic (exact) mass is 254 g/mol. The number of amides is 1.